The Morgan fingerprint density at radius 3 is 2.65 bits per heavy atom. The van der Waals surface area contributed by atoms with Crippen molar-refractivity contribution < 1.29 is 9.53 Å². The fourth-order valence-electron chi connectivity index (χ4n) is 3.27. The van der Waals surface area contributed by atoms with Crippen molar-refractivity contribution in [3.05, 3.63) is 46.5 Å². The second-order valence-corrected chi connectivity index (χ2v) is 7.99. The fourth-order valence-corrected chi connectivity index (χ4v) is 3.99. The standard InChI is InChI=1S/C20H27N3O2S/c1-14-4-6-17(7-5-14)8-9-19(24)22-20-21-18(13-26-20)12-23-10-15(2)25-16(3)11-23/h4-7,13,15-16H,8-12H2,1-3H3,(H,21,22,24). The number of ether oxygens (including phenoxy) is 1. The predicted octanol–water partition coefficient (Wildman–Crippen LogP) is 3.63. The first-order valence-corrected chi connectivity index (χ1v) is 10.0. The maximum Gasteiger partial charge on any atom is 0.226 e. The van der Waals surface area contributed by atoms with Crippen molar-refractivity contribution in [2.45, 2.75) is 52.4 Å². The lowest BCUT2D eigenvalue weighted by Crippen LogP contribution is -2.44. The molecule has 140 valence electrons. The van der Waals surface area contributed by atoms with Gasteiger partial charge in [-0.05, 0) is 32.8 Å². The summed E-state index contributed by atoms with van der Waals surface area (Å²) < 4.78 is 5.77. The lowest BCUT2D eigenvalue weighted by Gasteiger charge is -2.34. The average molecular weight is 374 g/mol. The molecule has 0 aliphatic carbocycles. The predicted molar refractivity (Wildman–Crippen MR) is 106 cm³/mol. The van der Waals surface area contributed by atoms with Gasteiger partial charge in [-0.3, -0.25) is 9.69 Å². The highest BCUT2D eigenvalue weighted by Gasteiger charge is 2.22. The third-order valence-electron chi connectivity index (χ3n) is 4.44. The highest BCUT2D eigenvalue weighted by molar-refractivity contribution is 7.13. The summed E-state index contributed by atoms with van der Waals surface area (Å²) in [6.07, 6.45) is 1.71. The van der Waals surface area contributed by atoms with Gasteiger partial charge in [-0.2, -0.15) is 0 Å². The zero-order valence-corrected chi connectivity index (χ0v) is 16.5. The minimum Gasteiger partial charge on any atom is -0.373 e. The van der Waals surface area contributed by atoms with Crippen LogP contribution >= 0.6 is 11.3 Å². The van der Waals surface area contributed by atoms with Gasteiger partial charge in [-0.25, -0.2) is 4.98 Å². The van der Waals surface area contributed by atoms with Gasteiger partial charge in [0.25, 0.3) is 0 Å². The van der Waals surface area contributed by atoms with Crippen LogP contribution in [0.5, 0.6) is 0 Å². The first-order valence-electron chi connectivity index (χ1n) is 9.15. The lowest BCUT2D eigenvalue weighted by atomic mass is 10.1. The monoisotopic (exact) mass is 373 g/mol. The SMILES string of the molecule is Cc1ccc(CCC(=O)Nc2nc(CN3CC(C)OC(C)C3)cs2)cc1. The summed E-state index contributed by atoms with van der Waals surface area (Å²) in [5, 5.41) is 5.64. The van der Waals surface area contributed by atoms with Crippen LogP contribution in [0.1, 0.15) is 37.1 Å². The van der Waals surface area contributed by atoms with Gasteiger partial charge in [0, 0.05) is 31.4 Å². The number of nitrogens with zero attached hydrogens (tertiary/aromatic N) is 2. The maximum absolute atomic E-state index is 12.2. The molecule has 5 nitrogen and oxygen atoms in total. The third-order valence-corrected chi connectivity index (χ3v) is 5.25. The van der Waals surface area contributed by atoms with Gasteiger partial charge in [0.1, 0.15) is 0 Å². The number of aromatic nitrogens is 1. The summed E-state index contributed by atoms with van der Waals surface area (Å²) in [6, 6.07) is 8.31. The summed E-state index contributed by atoms with van der Waals surface area (Å²) in [6.45, 7) is 8.90. The van der Waals surface area contributed by atoms with E-state index in [1.165, 1.54) is 22.5 Å². The molecule has 1 aromatic carbocycles. The second kappa shape index (κ2) is 8.75. The van der Waals surface area contributed by atoms with Crippen molar-refractivity contribution in [2.75, 3.05) is 18.4 Å². The number of hydrogen-bond acceptors (Lipinski definition) is 5. The van der Waals surface area contributed by atoms with Gasteiger partial charge in [0.05, 0.1) is 17.9 Å². The Labute approximate surface area is 159 Å². The number of amides is 1. The van der Waals surface area contributed by atoms with Crippen molar-refractivity contribution in [2.24, 2.45) is 0 Å². The van der Waals surface area contributed by atoms with E-state index < -0.39 is 0 Å². The van der Waals surface area contributed by atoms with Crippen LogP contribution < -0.4 is 5.32 Å². The molecule has 0 spiro atoms. The first kappa shape index (κ1) is 19.0. The van der Waals surface area contributed by atoms with Crippen LogP contribution in [0.2, 0.25) is 0 Å². The summed E-state index contributed by atoms with van der Waals surface area (Å²) in [7, 11) is 0. The molecule has 1 N–H and O–H groups in total. The highest BCUT2D eigenvalue weighted by atomic mass is 32.1. The molecule has 0 saturated carbocycles. The molecule has 2 atom stereocenters. The van der Waals surface area contributed by atoms with E-state index in [1.54, 1.807) is 0 Å². The molecular formula is C20H27N3O2S. The van der Waals surface area contributed by atoms with Crippen LogP contribution in [0, 0.1) is 6.92 Å². The Bertz CT molecular complexity index is 719. The topological polar surface area (TPSA) is 54.5 Å². The molecule has 1 saturated heterocycles. The zero-order chi connectivity index (χ0) is 18.5. The normalized spacial score (nSPS) is 20.9. The molecule has 6 heteroatoms. The lowest BCUT2D eigenvalue weighted by molar-refractivity contribution is -0.116. The number of anilines is 1. The van der Waals surface area contributed by atoms with Crippen molar-refractivity contribution in [1.29, 1.82) is 0 Å². The molecule has 1 amide bonds. The molecule has 2 unspecified atom stereocenters. The molecule has 2 heterocycles. The summed E-state index contributed by atoms with van der Waals surface area (Å²) in [5.74, 6) is 0.0140. The fraction of sp³-hybridized carbons (Fsp3) is 0.500. The number of morpholine rings is 1. The van der Waals surface area contributed by atoms with Crippen molar-refractivity contribution >= 4 is 22.4 Å². The van der Waals surface area contributed by atoms with Gasteiger partial charge in [-0.1, -0.05) is 29.8 Å². The van der Waals surface area contributed by atoms with Gasteiger partial charge in [-0.15, -0.1) is 11.3 Å². The van der Waals surface area contributed by atoms with E-state index in [1.807, 2.05) is 5.38 Å². The number of aryl methyl sites for hydroxylation is 2. The molecule has 26 heavy (non-hydrogen) atoms. The summed E-state index contributed by atoms with van der Waals surface area (Å²) in [5.41, 5.74) is 3.42. The molecule has 3 rings (SSSR count). The number of carbonyl (C=O) groups is 1. The smallest absolute Gasteiger partial charge is 0.226 e. The molecule has 1 aromatic heterocycles. The van der Waals surface area contributed by atoms with Gasteiger partial charge in [0.15, 0.2) is 5.13 Å². The number of nitrogens with one attached hydrogen (secondary N) is 1. The Hall–Kier alpha value is -1.76. The van der Waals surface area contributed by atoms with Gasteiger partial charge >= 0.3 is 0 Å². The van der Waals surface area contributed by atoms with Crippen LogP contribution in [0.3, 0.4) is 0 Å². The van der Waals surface area contributed by atoms with Crippen LogP contribution in [-0.4, -0.2) is 41.1 Å². The zero-order valence-electron chi connectivity index (χ0n) is 15.7. The third kappa shape index (κ3) is 5.62. The average Bonchev–Trinajstić information content (AvgIpc) is 3.00. The van der Waals surface area contributed by atoms with Crippen LogP contribution in [0.4, 0.5) is 5.13 Å². The highest BCUT2D eigenvalue weighted by Crippen LogP contribution is 2.19. The van der Waals surface area contributed by atoms with E-state index in [2.05, 4.69) is 60.2 Å². The minimum atomic E-state index is 0.0140. The maximum atomic E-state index is 12.2. The molecule has 0 bridgehead atoms. The first-order chi connectivity index (χ1) is 12.5. The van der Waals surface area contributed by atoms with Crippen molar-refractivity contribution in [3.63, 3.8) is 0 Å². The Morgan fingerprint density at radius 1 is 1.27 bits per heavy atom. The number of carbonyl (C=O) groups excluding carboxylic acids is 1. The van der Waals surface area contributed by atoms with Gasteiger partial charge < -0.3 is 10.1 Å². The quantitative estimate of drug-likeness (QED) is 0.840. The number of hydrogen-bond donors (Lipinski definition) is 1. The Morgan fingerprint density at radius 2 is 1.96 bits per heavy atom. The van der Waals surface area contributed by atoms with Crippen molar-refractivity contribution in [3.8, 4) is 0 Å². The van der Waals surface area contributed by atoms with Gasteiger partial charge in [0.2, 0.25) is 5.91 Å². The van der Waals surface area contributed by atoms with E-state index in [0.717, 1.165) is 31.7 Å². The molecule has 1 aliphatic rings. The van der Waals surface area contributed by atoms with Crippen LogP contribution in [0.25, 0.3) is 0 Å². The van der Waals surface area contributed by atoms with E-state index in [0.29, 0.717) is 11.6 Å². The number of thiazole rings is 1. The van der Waals surface area contributed by atoms with E-state index in [-0.39, 0.29) is 18.1 Å². The van der Waals surface area contributed by atoms with E-state index >= 15 is 0 Å². The largest absolute Gasteiger partial charge is 0.373 e. The van der Waals surface area contributed by atoms with Crippen molar-refractivity contribution in [1.82, 2.24) is 9.88 Å². The second-order valence-electron chi connectivity index (χ2n) is 7.13. The summed E-state index contributed by atoms with van der Waals surface area (Å²) in [4.78, 5) is 19.1. The number of benzene rings is 1. The molecular weight excluding hydrogens is 346 g/mol. The molecule has 1 aliphatic heterocycles. The molecule has 1 fully saturated rings. The minimum absolute atomic E-state index is 0.0140. The van der Waals surface area contributed by atoms with Crippen LogP contribution in [0.15, 0.2) is 29.6 Å². The molecule has 2 aromatic rings. The molecule has 0 radical (unpaired) electrons. The van der Waals surface area contributed by atoms with E-state index in [9.17, 15) is 4.79 Å². The number of rotatable bonds is 6. The van der Waals surface area contributed by atoms with Crippen LogP contribution in [-0.2, 0) is 22.5 Å². The summed E-state index contributed by atoms with van der Waals surface area (Å²) >= 11 is 1.49. The Kier molecular flexibility index (Phi) is 6.40. The van der Waals surface area contributed by atoms with E-state index in [4.69, 9.17) is 4.74 Å². The Balaban J connectivity index is 1.46.